The normalized spacial score (nSPS) is 11.4. The van der Waals surface area contributed by atoms with Gasteiger partial charge in [0.05, 0.1) is 16.5 Å². The molecule has 0 aromatic heterocycles. The highest BCUT2D eigenvalue weighted by atomic mass is 35.5. The maximum absolute atomic E-state index is 13.8. The molecule has 4 nitrogen and oxygen atoms in total. The third kappa shape index (κ3) is 3.28. The van der Waals surface area contributed by atoms with E-state index < -0.39 is 15.8 Å². The molecule has 22 heavy (non-hydrogen) atoms. The summed E-state index contributed by atoms with van der Waals surface area (Å²) in [6, 6.07) is 11.7. The average molecular weight is 339 g/mol. The zero-order valence-electron chi connectivity index (χ0n) is 11.6. The van der Waals surface area contributed by atoms with Gasteiger partial charge in [-0.05, 0) is 30.3 Å². The second-order valence-corrected chi connectivity index (χ2v) is 7.05. The molecule has 0 spiro atoms. The van der Waals surface area contributed by atoms with Gasteiger partial charge in [0, 0.05) is 24.2 Å². The molecule has 2 aromatic carbocycles. The summed E-state index contributed by atoms with van der Waals surface area (Å²) in [5.41, 5.74) is 0.338. The van der Waals surface area contributed by atoms with Crippen molar-refractivity contribution in [1.82, 2.24) is 4.31 Å². The lowest BCUT2D eigenvalue weighted by Crippen LogP contribution is -2.27. The number of halogens is 2. The molecule has 0 heterocycles. The summed E-state index contributed by atoms with van der Waals surface area (Å²) in [6.07, 6.45) is 0. The molecule has 0 bridgehead atoms. The number of hydrogen-bond acceptors (Lipinski definition) is 3. The molecule has 0 saturated carbocycles. The summed E-state index contributed by atoms with van der Waals surface area (Å²) < 4.78 is 39.7. The third-order valence-corrected chi connectivity index (χ3v) is 5.27. The van der Waals surface area contributed by atoms with Crippen molar-refractivity contribution in [3.63, 3.8) is 0 Å². The van der Waals surface area contributed by atoms with Gasteiger partial charge in [0.2, 0.25) is 10.0 Å². The zero-order chi connectivity index (χ0) is 16.3. The van der Waals surface area contributed by atoms with Gasteiger partial charge in [-0.3, -0.25) is 0 Å². The zero-order valence-corrected chi connectivity index (χ0v) is 13.2. The van der Waals surface area contributed by atoms with Crippen LogP contribution >= 0.6 is 11.6 Å². The van der Waals surface area contributed by atoms with Gasteiger partial charge >= 0.3 is 0 Å². The van der Waals surface area contributed by atoms with Crippen molar-refractivity contribution < 1.29 is 12.8 Å². The largest absolute Gasteiger partial charge is 0.243 e. The Morgan fingerprint density at radius 3 is 2.59 bits per heavy atom. The number of nitriles is 1. The van der Waals surface area contributed by atoms with E-state index in [0.717, 1.165) is 4.31 Å². The number of nitrogens with zero attached hydrogens (tertiary/aromatic N) is 2. The van der Waals surface area contributed by atoms with Crippen molar-refractivity contribution in [2.75, 3.05) is 7.05 Å². The van der Waals surface area contributed by atoms with Gasteiger partial charge in [-0.25, -0.2) is 12.8 Å². The Kier molecular flexibility index (Phi) is 4.81. The standard InChI is InChI=1S/C15H12ClFN2O2S/c1-19(10-13-14(16)6-3-7-15(13)17)22(20,21)12-5-2-4-11(8-12)9-18/h2-8H,10H2,1H3. The highest BCUT2D eigenvalue weighted by molar-refractivity contribution is 7.89. The maximum Gasteiger partial charge on any atom is 0.243 e. The highest BCUT2D eigenvalue weighted by Gasteiger charge is 2.23. The molecule has 0 atom stereocenters. The molecule has 0 radical (unpaired) electrons. The van der Waals surface area contributed by atoms with E-state index in [2.05, 4.69) is 0 Å². The second kappa shape index (κ2) is 6.44. The van der Waals surface area contributed by atoms with E-state index in [1.54, 1.807) is 0 Å². The number of benzene rings is 2. The van der Waals surface area contributed by atoms with Crippen molar-refractivity contribution >= 4 is 21.6 Å². The fourth-order valence-electron chi connectivity index (χ4n) is 1.90. The smallest absolute Gasteiger partial charge is 0.207 e. The average Bonchev–Trinajstić information content (AvgIpc) is 2.50. The fourth-order valence-corrected chi connectivity index (χ4v) is 3.31. The predicted molar refractivity (Wildman–Crippen MR) is 81.2 cm³/mol. The quantitative estimate of drug-likeness (QED) is 0.860. The SMILES string of the molecule is CN(Cc1c(F)cccc1Cl)S(=O)(=O)c1cccc(C#N)c1. The molecule has 0 aliphatic rings. The minimum absolute atomic E-state index is 0.0264. The van der Waals surface area contributed by atoms with Gasteiger partial charge in [0.25, 0.3) is 0 Å². The van der Waals surface area contributed by atoms with Crippen LogP contribution in [0, 0.1) is 17.1 Å². The summed E-state index contributed by atoms with van der Waals surface area (Å²) in [4.78, 5) is -0.0264. The molecule has 114 valence electrons. The van der Waals surface area contributed by atoms with Crippen LogP contribution in [0.15, 0.2) is 47.4 Å². The Labute approximate surface area is 133 Å². The van der Waals surface area contributed by atoms with Crippen LogP contribution in [-0.2, 0) is 16.6 Å². The van der Waals surface area contributed by atoms with Crippen LogP contribution in [0.4, 0.5) is 4.39 Å². The van der Waals surface area contributed by atoms with E-state index >= 15 is 0 Å². The van der Waals surface area contributed by atoms with E-state index in [0.29, 0.717) is 0 Å². The van der Waals surface area contributed by atoms with Crippen LogP contribution in [0.3, 0.4) is 0 Å². The van der Waals surface area contributed by atoms with Gasteiger partial charge in [0.1, 0.15) is 5.82 Å². The topological polar surface area (TPSA) is 61.2 Å². The summed E-state index contributed by atoms with van der Waals surface area (Å²) in [6.45, 7) is -0.204. The number of rotatable bonds is 4. The molecule has 0 N–H and O–H groups in total. The molecular weight excluding hydrogens is 327 g/mol. The Bertz CT molecular complexity index is 827. The first kappa shape index (κ1) is 16.4. The Morgan fingerprint density at radius 1 is 1.27 bits per heavy atom. The lowest BCUT2D eigenvalue weighted by molar-refractivity contribution is 0.456. The van der Waals surface area contributed by atoms with Gasteiger partial charge in [0.15, 0.2) is 0 Å². The molecule has 0 aliphatic carbocycles. The Balaban J connectivity index is 2.35. The first-order chi connectivity index (χ1) is 10.4. The van der Waals surface area contributed by atoms with E-state index in [-0.39, 0.29) is 27.6 Å². The van der Waals surface area contributed by atoms with Crippen molar-refractivity contribution in [3.05, 3.63) is 64.4 Å². The first-order valence-corrected chi connectivity index (χ1v) is 8.07. The van der Waals surface area contributed by atoms with Gasteiger partial charge < -0.3 is 0 Å². The maximum atomic E-state index is 13.8. The van der Waals surface area contributed by atoms with Crippen LogP contribution in [0.1, 0.15) is 11.1 Å². The second-order valence-electron chi connectivity index (χ2n) is 4.60. The molecular formula is C15H12ClFN2O2S. The molecule has 0 amide bonds. The minimum atomic E-state index is -3.85. The van der Waals surface area contributed by atoms with E-state index in [1.807, 2.05) is 6.07 Å². The Hall–Kier alpha value is -1.94. The van der Waals surface area contributed by atoms with Crippen molar-refractivity contribution in [1.29, 1.82) is 5.26 Å². The van der Waals surface area contributed by atoms with Gasteiger partial charge in [-0.2, -0.15) is 9.57 Å². The first-order valence-electron chi connectivity index (χ1n) is 6.25. The summed E-state index contributed by atoms with van der Waals surface area (Å²) in [7, 11) is -2.52. The van der Waals surface area contributed by atoms with Crippen molar-refractivity contribution in [3.8, 4) is 6.07 Å². The summed E-state index contributed by atoms with van der Waals surface area (Å²) in [5, 5.41) is 9.01. The van der Waals surface area contributed by atoms with Crippen LogP contribution in [-0.4, -0.2) is 19.8 Å². The summed E-state index contributed by atoms with van der Waals surface area (Å²) >= 11 is 5.91. The third-order valence-electron chi connectivity index (χ3n) is 3.11. The Morgan fingerprint density at radius 2 is 1.95 bits per heavy atom. The molecule has 2 rings (SSSR count). The van der Waals surface area contributed by atoms with Crippen LogP contribution in [0.5, 0.6) is 0 Å². The predicted octanol–water partition coefficient (Wildman–Crippen LogP) is 3.17. The molecule has 0 aliphatic heterocycles. The molecule has 0 fully saturated rings. The lowest BCUT2D eigenvalue weighted by Gasteiger charge is -2.18. The lowest BCUT2D eigenvalue weighted by atomic mass is 10.2. The van der Waals surface area contributed by atoms with Crippen LogP contribution in [0.25, 0.3) is 0 Å². The highest BCUT2D eigenvalue weighted by Crippen LogP contribution is 2.23. The van der Waals surface area contributed by atoms with Crippen molar-refractivity contribution in [2.24, 2.45) is 0 Å². The number of sulfonamides is 1. The molecule has 0 unspecified atom stereocenters. The minimum Gasteiger partial charge on any atom is -0.207 e. The molecule has 2 aromatic rings. The molecule has 7 heteroatoms. The van der Waals surface area contributed by atoms with E-state index in [1.165, 1.54) is 49.5 Å². The van der Waals surface area contributed by atoms with E-state index in [4.69, 9.17) is 16.9 Å². The van der Waals surface area contributed by atoms with Crippen molar-refractivity contribution in [2.45, 2.75) is 11.4 Å². The summed E-state index contributed by atoms with van der Waals surface area (Å²) in [5.74, 6) is -0.569. The van der Waals surface area contributed by atoms with Crippen LogP contribution < -0.4 is 0 Å². The monoisotopic (exact) mass is 338 g/mol. The number of hydrogen-bond donors (Lipinski definition) is 0. The van der Waals surface area contributed by atoms with Crippen LogP contribution in [0.2, 0.25) is 5.02 Å². The molecule has 0 saturated heterocycles. The van der Waals surface area contributed by atoms with Gasteiger partial charge in [-0.1, -0.05) is 23.7 Å². The van der Waals surface area contributed by atoms with E-state index in [9.17, 15) is 12.8 Å². The van der Waals surface area contributed by atoms with Gasteiger partial charge in [-0.15, -0.1) is 0 Å². The fraction of sp³-hybridized carbons (Fsp3) is 0.133.